The zero-order valence-electron chi connectivity index (χ0n) is 11.0. The molecule has 0 heterocycles. The Hall–Kier alpha value is -1.12. The van der Waals surface area contributed by atoms with Crippen LogP contribution in [-0.2, 0) is 10.8 Å². The van der Waals surface area contributed by atoms with Crippen molar-refractivity contribution in [2.75, 3.05) is 0 Å². The summed E-state index contributed by atoms with van der Waals surface area (Å²) in [6.45, 7) is 3.95. The molecule has 1 nitrogen and oxygen atoms in total. The zero-order chi connectivity index (χ0) is 13.8. The van der Waals surface area contributed by atoms with Crippen molar-refractivity contribution in [1.29, 1.82) is 0 Å². The fourth-order valence-corrected chi connectivity index (χ4v) is 3.54. The maximum atomic E-state index is 12.5. The van der Waals surface area contributed by atoms with Gasteiger partial charge in [-0.05, 0) is 31.5 Å². The third kappa shape index (κ3) is 3.46. The van der Waals surface area contributed by atoms with Gasteiger partial charge in [0.1, 0.15) is 0 Å². The predicted octanol–water partition coefficient (Wildman–Crippen LogP) is 4.47. The van der Waals surface area contributed by atoms with E-state index in [2.05, 4.69) is 0 Å². The van der Waals surface area contributed by atoms with E-state index < -0.39 is 10.8 Å². The second-order valence-electron chi connectivity index (χ2n) is 4.63. The molecule has 2 aromatic carbocycles. The first-order valence-electron chi connectivity index (χ1n) is 6.26. The lowest BCUT2D eigenvalue weighted by atomic mass is 10.1. The van der Waals surface area contributed by atoms with E-state index >= 15 is 0 Å². The molecule has 0 amide bonds. The molecule has 0 radical (unpaired) electrons. The number of hydrogen-bond acceptors (Lipinski definition) is 1. The number of alkyl halides is 1. The van der Waals surface area contributed by atoms with Crippen LogP contribution in [0.15, 0.2) is 59.5 Å². The molecule has 2 aromatic rings. The van der Waals surface area contributed by atoms with Gasteiger partial charge in [0.15, 0.2) is 0 Å². The summed E-state index contributed by atoms with van der Waals surface area (Å²) < 4.78 is 12.5. The molecule has 0 aliphatic carbocycles. The van der Waals surface area contributed by atoms with Crippen LogP contribution in [-0.4, -0.2) is 9.46 Å². The Morgan fingerprint density at radius 2 is 1.58 bits per heavy atom. The summed E-state index contributed by atoms with van der Waals surface area (Å²) >= 11 is 6.44. The third-order valence-corrected chi connectivity index (χ3v) is 5.58. The van der Waals surface area contributed by atoms with Crippen molar-refractivity contribution in [2.45, 2.75) is 29.4 Å². The van der Waals surface area contributed by atoms with E-state index in [1.165, 1.54) is 5.56 Å². The van der Waals surface area contributed by atoms with Gasteiger partial charge in [-0.2, -0.15) is 0 Å². The van der Waals surface area contributed by atoms with Crippen LogP contribution in [0.2, 0.25) is 0 Å². The van der Waals surface area contributed by atoms with Gasteiger partial charge in [0.25, 0.3) is 0 Å². The summed E-state index contributed by atoms with van der Waals surface area (Å²) in [5, 5.41) is -0.380. The standard InChI is InChI=1S/C16H17ClOS/c1-12-8-10-15(11-9-12)19(18)13(2)16(17)14-6-4-3-5-7-14/h3-11,13,16H,1-2H3/t13-,16+,19+/m1/s1. The summed E-state index contributed by atoms with van der Waals surface area (Å²) in [7, 11) is -1.10. The average Bonchev–Trinajstić information content (AvgIpc) is 2.46. The SMILES string of the molecule is Cc1ccc([S@@](=O)[C@H](C)[C@H](Cl)c2ccccc2)cc1. The minimum atomic E-state index is -1.10. The number of hydrogen-bond donors (Lipinski definition) is 0. The molecule has 0 saturated carbocycles. The normalized spacial score (nSPS) is 15.7. The van der Waals surface area contributed by atoms with Crippen LogP contribution >= 0.6 is 11.6 Å². The van der Waals surface area contributed by atoms with Gasteiger partial charge in [0.05, 0.1) is 21.4 Å². The Kier molecular flexibility index (Phi) is 4.78. The molecule has 0 spiro atoms. The topological polar surface area (TPSA) is 17.1 Å². The zero-order valence-corrected chi connectivity index (χ0v) is 12.6. The van der Waals surface area contributed by atoms with Crippen molar-refractivity contribution in [3.8, 4) is 0 Å². The molecule has 0 unspecified atom stereocenters. The van der Waals surface area contributed by atoms with Gasteiger partial charge < -0.3 is 0 Å². The average molecular weight is 293 g/mol. The fraction of sp³-hybridized carbons (Fsp3) is 0.250. The van der Waals surface area contributed by atoms with Crippen molar-refractivity contribution in [2.24, 2.45) is 0 Å². The molecule has 3 atom stereocenters. The Balaban J connectivity index is 2.17. The highest BCUT2D eigenvalue weighted by molar-refractivity contribution is 7.85. The lowest BCUT2D eigenvalue weighted by molar-refractivity contribution is 0.670. The largest absolute Gasteiger partial charge is 0.254 e. The van der Waals surface area contributed by atoms with Gasteiger partial charge in [-0.3, -0.25) is 4.21 Å². The lowest BCUT2D eigenvalue weighted by Gasteiger charge is -2.18. The van der Waals surface area contributed by atoms with Crippen molar-refractivity contribution in [3.63, 3.8) is 0 Å². The van der Waals surface area contributed by atoms with Crippen LogP contribution in [0.4, 0.5) is 0 Å². The molecule has 100 valence electrons. The van der Waals surface area contributed by atoms with Crippen molar-refractivity contribution < 1.29 is 4.21 Å². The summed E-state index contributed by atoms with van der Waals surface area (Å²) in [5.74, 6) is 0. The van der Waals surface area contributed by atoms with Gasteiger partial charge in [-0.25, -0.2) is 0 Å². The molecule has 0 fully saturated rings. The Morgan fingerprint density at radius 1 is 1.00 bits per heavy atom. The highest BCUT2D eigenvalue weighted by Gasteiger charge is 2.23. The first-order chi connectivity index (χ1) is 9.09. The molecule has 0 saturated heterocycles. The van der Waals surface area contributed by atoms with E-state index in [-0.39, 0.29) is 10.6 Å². The molecule has 0 aromatic heterocycles. The van der Waals surface area contributed by atoms with Crippen LogP contribution < -0.4 is 0 Å². The second kappa shape index (κ2) is 6.36. The Labute approximate surface area is 122 Å². The molecule has 2 rings (SSSR count). The lowest BCUT2D eigenvalue weighted by Crippen LogP contribution is -2.17. The molecule has 0 bridgehead atoms. The smallest absolute Gasteiger partial charge is 0.0729 e. The summed E-state index contributed by atoms with van der Waals surface area (Å²) in [6, 6.07) is 17.6. The Morgan fingerprint density at radius 3 is 2.16 bits per heavy atom. The molecule has 0 aliphatic rings. The van der Waals surface area contributed by atoms with E-state index in [1.807, 2.05) is 68.4 Å². The van der Waals surface area contributed by atoms with Crippen LogP contribution in [0.25, 0.3) is 0 Å². The van der Waals surface area contributed by atoms with Gasteiger partial charge in [-0.1, -0.05) is 48.0 Å². The van der Waals surface area contributed by atoms with Crippen molar-refractivity contribution in [1.82, 2.24) is 0 Å². The molecular weight excluding hydrogens is 276 g/mol. The predicted molar refractivity (Wildman–Crippen MR) is 82.1 cm³/mol. The van der Waals surface area contributed by atoms with Gasteiger partial charge in [-0.15, -0.1) is 11.6 Å². The number of benzene rings is 2. The van der Waals surface area contributed by atoms with Crippen LogP contribution in [0.3, 0.4) is 0 Å². The van der Waals surface area contributed by atoms with Crippen molar-refractivity contribution in [3.05, 3.63) is 65.7 Å². The Bertz CT molecular complexity index is 551. The maximum absolute atomic E-state index is 12.5. The molecule has 0 N–H and O–H groups in total. The molecule has 0 aliphatic heterocycles. The third-order valence-electron chi connectivity index (χ3n) is 3.12. The summed E-state index contributed by atoms with van der Waals surface area (Å²) in [6.07, 6.45) is 0. The maximum Gasteiger partial charge on any atom is 0.0729 e. The molecular formula is C16H17ClOS. The first kappa shape index (κ1) is 14.3. The minimum absolute atomic E-state index is 0.133. The van der Waals surface area contributed by atoms with Gasteiger partial charge >= 0.3 is 0 Å². The number of aryl methyl sites for hydroxylation is 1. The highest BCUT2D eigenvalue weighted by atomic mass is 35.5. The van der Waals surface area contributed by atoms with E-state index in [4.69, 9.17) is 11.6 Å². The van der Waals surface area contributed by atoms with Crippen LogP contribution in [0, 0.1) is 6.92 Å². The summed E-state index contributed by atoms with van der Waals surface area (Å²) in [4.78, 5) is 0.833. The van der Waals surface area contributed by atoms with E-state index in [0.29, 0.717) is 0 Å². The monoisotopic (exact) mass is 292 g/mol. The number of halogens is 1. The minimum Gasteiger partial charge on any atom is -0.254 e. The quantitative estimate of drug-likeness (QED) is 0.760. The van der Waals surface area contributed by atoms with E-state index in [9.17, 15) is 4.21 Å². The van der Waals surface area contributed by atoms with Crippen LogP contribution in [0.1, 0.15) is 23.4 Å². The molecule has 19 heavy (non-hydrogen) atoms. The first-order valence-corrected chi connectivity index (χ1v) is 7.91. The van der Waals surface area contributed by atoms with Gasteiger partial charge in [0, 0.05) is 4.90 Å². The number of rotatable bonds is 4. The van der Waals surface area contributed by atoms with Crippen molar-refractivity contribution >= 4 is 22.4 Å². The summed E-state index contributed by atoms with van der Waals surface area (Å²) in [5.41, 5.74) is 2.18. The molecule has 3 heteroatoms. The van der Waals surface area contributed by atoms with Crippen LogP contribution in [0.5, 0.6) is 0 Å². The fourth-order valence-electron chi connectivity index (χ4n) is 1.90. The van der Waals surface area contributed by atoms with E-state index in [1.54, 1.807) is 0 Å². The highest BCUT2D eigenvalue weighted by Crippen LogP contribution is 2.29. The second-order valence-corrected chi connectivity index (χ2v) is 6.91. The van der Waals surface area contributed by atoms with Gasteiger partial charge in [0.2, 0.25) is 0 Å². The van der Waals surface area contributed by atoms with E-state index in [0.717, 1.165) is 10.5 Å².